The summed E-state index contributed by atoms with van der Waals surface area (Å²) in [6.45, 7) is 1.73. The number of aromatic nitrogens is 1. The monoisotopic (exact) mass is 495 g/mol. The lowest BCUT2D eigenvalue weighted by molar-refractivity contribution is 0.0722. The molecule has 166 valence electrons. The molecule has 1 fully saturated rings. The van der Waals surface area contributed by atoms with Gasteiger partial charge in [0.25, 0.3) is 5.91 Å². The molecule has 1 aliphatic heterocycles. The van der Waals surface area contributed by atoms with Gasteiger partial charge in [-0.1, -0.05) is 53.0 Å². The van der Waals surface area contributed by atoms with Gasteiger partial charge in [-0.25, -0.2) is 0 Å². The van der Waals surface area contributed by atoms with Crippen LogP contribution in [-0.2, 0) is 0 Å². The van der Waals surface area contributed by atoms with Crippen LogP contribution in [0, 0.1) is 0 Å². The van der Waals surface area contributed by atoms with Crippen molar-refractivity contribution in [2.24, 2.45) is 0 Å². The van der Waals surface area contributed by atoms with Crippen LogP contribution in [0.1, 0.15) is 22.0 Å². The second-order valence-electron chi connectivity index (χ2n) is 8.02. The predicted octanol–water partition coefficient (Wildman–Crippen LogP) is 6.90. The molecule has 1 amide bonds. The van der Waals surface area contributed by atoms with Gasteiger partial charge in [-0.15, -0.1) is 0 Å². The Morgan fingerprint density at radius 3 is 2.45 bits per heavy atom. The van der Waals surface area contributed by atoms with E-state index in [-0.39, 0.29) is 11.9 Å². The third kappa shape index (κ3) is 4.51. The fourth-order valence-electron chi connectivity index (χ4n) is 4.33. The molecule has 1 aliphatic rings. The summed E-state index contributed by atoms with van der Waals surface area (Å²) in [5.41, 5.74) is 3.48. The predicted molar refractivity (Wildman–Crippen MR) is 136 cm³/mol. The van der Waals surface area contributed by atoms with E-state index in [0.29, 0.717) is 40.3 Å². The van der Waals surface area contributed by atoms with Crippen molar-refractivity contribution in [2.75, 3.05) is 24.5 Å². The number of rotatable bonds is 3. The van der Waals surface area contributed by atoms with Crippen LogP contribution in [0.25, 0.3) is 10.9 Å². The molecule has 4 aromatic rings. The Kier molecular flexibility index (Phi) is 6.15. The molecule has 3 aromatic carbocycles. The average molecular weight is 497 g/mol. The third-order valence-electron chi connectivity index (χ3n) is 5.99. The Balaban J connectivity index is 1.48. The summed E-state index contributed by atoms with van der Waals surface area (Å²) in [5.74, 6) is 0.00145. The summed E-state index contributed by atoms with van der Waals surface area (Å²) in [5, 5.41) is 2.79. The number of pyridine rings is 1. The van der Waals surface area contributed by atoms with Crippen LogP contribution >= 0.6 is 34.8 Å². The maximum atomic E-state index is 13.5. The van der Waals surface area contributed by atoms with Crippen molar-refractivity contribution in [2.45, 2.75) is 6.04 Å². The molecule has 1 aromatic heterocycles. The maximum absolute atomic E-state index is 13.5. The van der Waals surface area contributed by atoms with Crippen molar-refractivity contribution in [1.29, 1.82) is 0 Å². The number of carbonyl (C=O) groups excluding carboxylic acids is 1. The molecule has 0 bridgehead atoms. The standard InChI is InChI=1S/C26H20Cl3N3O/c27-20-6-3-17(4-7-20)25-16-31(12-13-32(25)24-10-8-21(28)15-22(24)29)26(33)19-5-9-23-18(14-19)2-1-11-30-23/h1-11,14-15,25H,12-13,16H2. The first kappa shape index (κ1) is 22.0. The van der Waals surface area contributed by atoms with E-state index in [1.165, 1.54) is 0 Å². The van der Waals surface area contributed by atoms with E-state index in [9.17, 15) is 4.79 Å². The van der Waals surface area contributed by atoms with Crippen LogP contribution in [0.2, 0.25) is 15.1 Å². The Hall–Kier alpha value is -2.79. The van der Waals surface area contributed by atoms with Crippen LogP contribution in [-0.4, -0.2) is 35.4 Å². The molecule has 0 N–H and O–H groups in total. The van der Waals surface area contributed by atoms with Gasteiger partial charge < -0.3 is 9.80 Å². The Morgan fingerprint density at radius 1 is 0.879 bits per heavy atom. The van der Waals surface area contributed by atoms with Crippen molar-refractivity contribution in [3.63, 3.8) is 0 Å². The number of fused-ring (bicyclic) bond motifs is 1. The second kappa shape index (κ2) is 9.22. The fourth-order valence-corrected chi connectivity index (χ4v) is 4.97. The molecule has 4 nitrogen and oxygen atoms in total. The number of anilines is 1. The van der Waals surface area contributed by atoms with Gasteiger partial charge in [-0.3, -0.25) is 9.78 Å². The van der Waals surface area contributed by atoms with Gasteiger partial charge in [-0.2, -0.15) is 0 Å². The number of carbonyl (C=O) groups is 1. The van der Waals surface area contributed by atoms with Gasteiger partial charge in [0, 0.05) is 46.8 Å². The van der Waals surface area contributed by atoms with Gasteiger partial charge in [0.2, 0.25) is 0 Å². The fraction of sp³-hybridized carbons (Fsp3) is 0.154. The largest absolute Gasteiger partial charge is 0.360 e. The van der Waals surface area contributed by atoms with Gasteiger partial charge in [0.1, 0.15) is 0 Å². The molecule has 33 heavy (non-hydrogen) atoms. The van der Waals surface area contributed by atoms with Crippen molar-refractivity contribution >= 4 is 57.3 Å². The zero-order chi connectivity index (χ0) is 22.9. The van der Waals surface area contributed by atoms with E-state index < -0.39 is 0 Å². The minimum absolute atomic E-state index is 0.00145. The lowest BCUT2D eigenvalue weighted by atomic mass is 10.00. The number of hydrogen-bond donors (Lipinski definition) is 0. The summed E-state index contributed by atoms with van der Waals surface area (Å²) in [7, 11) is 0. The van der Waals surface area contributed by atoms with Crippen molar-refractivity contribution in [3.05, 3.63) is 105 Å². The molecule has 0 aliphatic carbocycles. The van der Waals surface area contributed by atoms with Crippen LogP contribution in [0.3, 0.4) is 0 Å². The minimum atomic E-state index is -0.0826. The molecule has 2 heterocycles. The third-order valence-corrected chi connectivity index (χ3v) is 6.78. The van der Waals surface area contributed by atoms with Crippen LogP contribution in [0.5, 0.6) is 0 Å². The summed E-state index contributed by atoms with van der Waals surface area (Å²) in [4.78, 5) is 21.9. The molecule has 7 heteroatoms. The average Bonchev–Trinajstić information content (AvgIpc) is 2.84. The quantitative estimate of drug-likeness (QED) is 0.309. The second-order valence-corrected chi connectivity index (χ2v) is 9.30. The normalized spacial score (nSPS) is 16.3. The Morgan fingerprint density at radius 2 is 1.67 bits per heavy atom. The first-order chi connectivity index (χ1) is 16.0. The maximum Gasteiger partial charge on any atom is 0.254 e. The molecule has 1 atom stereocenters. The number of halogens is 3. The number of piperazine rings is 1. The summed E-state index contributed by atoms with van der Waals surface area (Å²) >= 11 is 18.8. The first-order valence-electron chi connectivity index (χ1n) is 10.6. The highest BCUT2D eigenvalue weighted by atomic mass is 35.5. The molecule has 5 rings (SSSR count). The molecular formula is C26H20Cl3N3O. The van der Waals surface area contributed by atoms with Crippen LogP contribution in [0.15, 0.2) is 79.0 Å². The highest BCUT2D eigenvalue weighted by Gasteiger charge is 2.32. The first-order valence-corrected chi connectivity index (χ1v) is 11.7. The Bertz CT molecular complexity index is 1330. The van der Waals surface area contributed by atoms with Crippen LogP contribution < -0.4 is 4.90 Å². The summed E-state index contributed by atoms with van der Waals surface area (Å²) in [6.07, 6.45) is 1.75. The van der Waals surface area contributed by atoms with Crippen molar-refractivity contribution in [1.82, 2.24) is 9.88 Å². The van der Waals surface area contributed by atoms with Gasteiger partial charge >= 0.3 is 0 Å². The lowest BCUT2D eigenvalue weighted by Gasteiger charge is -2.43. The zero-order valence-electron chi connectivity index (χ0n) is 17.6. The molecular weight excluding hydrogens is 477 g/mol. The molecule has 0 saturated carbocycles. The zero-order valence-corrected chi connectivity index (χ0v) is 19.9. The van der Waals surface area contributed by atoms with E-state index in [1.807, 2.05) is 71.6 Å². The van der Waals surface area contributed by atoms with E-state index in [1.54, 1.807) is 12.3 Å². The van der Waals surface area contributed by atoms with Crippen molar-refractivity contribution < 1.29 is 4.79 Å². The lowest BCUT2D eigenvalue weighted by Crippen LogP contribution is -2.50. The molecule has 0 radical (unpaired) electrons. The van der Waals surface area contributed by atoms with E-state index in [4.69, 9.17) is 34.8 Å². The SMILES string of the molecule is O=C(c1ccc2ncccc2c1)N1CCN(c2ccc(Cl)cc2Cl)C(c2ccc(Cl)cc2)C1. The van der Waals surface area contributed by atoms with E-state index >= 15 is 0 Å². The highest BCUT2D eigenvalue weighted by Crippen LogP contribution is 2.37. The number of nitrogens with zero attached hydrogens (tertiary/aromatic N) is 3. The van der Waals surface area contributed by atoms with E-state index in [2.05, 4.69) is 9.88 Å². The van der Waals surface area contributed by atoms with Crippen LogP contribution in [0.4, 0.5) is 5.69 Å². The van der Waals surface area contributed by atoms with Gasteiger partial charge in [0.15, 0.2) is 0 Å². The molecule has 0 spiro atoms. The number of hydrogen-bond acceptors (Lipinski definition) is 3. The summed E-state index contributed by atoms with van der Waals surface area (Å²) in [6, 6.07) is 22.7. The molecule has 1 unspecified atom stereocenters. The van der Waals surface area contributed by atoms with E-state index in [0.717, 1.165) is 22.2 Å². The summed E-state index contributed by atoms with van der Waals surface area (Å²) < 4.78 is 0. The minimum Gasteiger partial charge on any atom is -0.360 e. The van der Waals surface area contributed by atoms with Gasteiger partial charge in [0.05, 0.1) is 22.3 Å². The number of amides is 1. The highest BCUT2D eigenvalue weighted by molar-refractivity contribution is 6.36. The van der Waals surface area contributed by atoms with Gasteiger partial charge in [-0.05, 0) is 60.2 Å². The molecule has 1 saturated heterocycles. The number of benzene rings is 3. The Labute approximate surface area is 207 Å². The smallest absolute Gasteiger partial charge is 0.254 e. The topological polar surface area (TPSA) is 36.4 Å². The van der Waals surface area contributed by atoms with Crippen molar-refractivity contribution in [3.8, 4) is 0 Å².